The molecule has 0 radical (unpaired) electrons. The second-order valence-electron chi connectivity index (χ2n) is 6.09. The molecule has 0 unspecified atom stereocenters. The average Bonchev–Trinajstić information content (AvgIpc) is 2.88. The van der Waals surface area contributed by atoms with Crippen molar-refractivity contribution >= 4 is 23.4 Å². The Kier molecular flexibility index (Phi) is 5.37. The van der Waals surface area contributed by atoms with Crippen LogP contribution in [0.2, 0.25) is 0 Å². The lowest BCUT2D eigenvalue weighted by Crippen LogP contribution is -2.15. The van der Waals surface area contributed by atoms with Crippen molar-refractivity contribution in [3.05, 3.63) is 58.7 Å². The summed E-state index contributed by atoms with van der Waals surface area (Å²) in [5.74, 6) is 0.579. The van der Waals surface area contributed by atoms with Gasteiger partial charge in [0.05, 0.1) is 12.1 Å². The third-order valence-corrected chi connectivity index (χ3v) is 4.70. The van der Waals surface area contributed by atoms with Gasteiger partial charge >= 0.3 is 0 Å². The molecule has 0 aliphatic rings. The molecule has 3 rings (SSSR count). The van der Waals surface area contributed by atoms with Crippen LogP contribution in [0, 0.1) is 27.7 Å². The summed E-state index contributed by atoms with van der Waals surface area (Å²) in [5, 5.41) is 7.49. The molecule has 2 heterocycles. The second-order valence-corrected chi connectivity index (χ2v) is 7.13. The van der Waals surface area contributed by atoms with E-state index in [0.29, 0.717) is 5.76 Å². The van der Waals surface area contributed by atoms with Crippen LogP contribution in [0.25, 0.3) is 0 Å². The number of aromatic nitrogens is 3. The van der Waals surface area contributed by atoms with Crippen molar-refractivity contribution in [1.29, 1.82) is 0 Å². The topological polar surface area (TPSA) is 80.9 Å². The summed E-state index contributed by atoms with van der Waals surface area (Å²) < 4.78 is 5.09. The molecule has 1 amide bonds. The molecule has 1 aromatic carbocycles. The van der Waals surface area contributed by atoms with E-state index in [4.69, 9.17) is 4.52 Å². The van der Waals surface area contributed by atoms with Crippen molar-refractivity contribution in [3.63, 3.8) is 0 Å². The zero-order valence-corrected chi connectivity index (χ0v) is 16.0. The van der Waals surface area contributed by atoms with Crippen LogP contribution in [-0.4, -0.2) is 21.0 Å². The summed E-state index contributed by atoms with van der Waals surface area (Å²) in [6, 6.07) is 9.57. The van der Waals surface area contributed by atoms with E-state index in [1.807, 2.05) is 58.0 Å². The zero-order chi connectivity index (χ0) is 18.7. The fraction of sp³-hybridized carbons (Fsp3) is 0.263. The molecule has 26 heavy (non-hydrogen) atoms. The molecule has 7 heteroatoms. The van der Waals surface area contributed by atoms with Gasteiger partial charge in [0.1, 0.15) is 5.76 Å². The maximum absolute atomic E-state index is 12.2. The highest BCUT2D eigenvalue weighted by atomic mass is 32.2. The standard InChI is InChI=1S/C19H20N4O2S/c1-11-9-12(2)21-19(20-11)26-16-7-5-15(6-8-16)22-18(24)10-17-13(3)23-25-14(17)4/h5-9H,10H2,1-4H3,(H,22,24). The van der Waals surface area contributed by atoms with Crippen LogP contribution in [0.4, 0.5) is 5.69 Å². The predicted octanol–water partition coefficient (Wildman–Crippen LogP) is 4.03. The fourth-order valence-corrected chi connectivity index (χ4v) is 3.43. The van der Waals surface area contributed by atoms with Gasteiger partial charge < -0.3 is 9.84 Å². The van der Waals surface area contributed by atoms with Gasteiger partial charge in [0, 0.05) is 27.5 Å². The number of carbonyl (C=O) groups excluding carboxylic acids is 1. The smallest absolute Gasteiger partial charge is 0.228 e. The van der Waals surface area contributed by atoms with Crippen molar-refractivity contribution in [2.45, 2.75) is 44.2 Å². The molecule has 0 aliphatic heterocycles. The highest BCUT2D eigenvalue weighted by Gasteiger charge is 2.13. The number of hydrogen-bond donors (Lipinski definition) is 1. The number of hydrogen-bond acceptors (Lipinski definition) is 6. The van der Waals surface area contributed by atoms with Crippen LogP contribution >= 0.6 is 11.8 Å². The van der Waals surface area contributed by atoms with Crippen molar-refractivity contribution in [1.82, 2.24) is 15.1 Å². The lowest BCUT2D eigenvalue weighted by atomic mass is 10.1. The van der Waals surface area contributed by atoms with Gasteiger partial charge in [-0.25, -0.2) is 9.97 Å². The lowest BCUT2D eigenvalue weighted by molar-refractivity contribution is -0.115. The van der Waals surface area contributed by atoms with E-state index in [-0.39, 0.29) is 12.3 Å². The predicted molar refractivity (Wildman–Crippen MR) is 100 cm³/mol. The molecule has 0 fully saturated rings. The molecule has 0 spiro atoms. The fourth-order valence-electron chi connectivity index (χ4n) is 2.57. The quantitative estimate of drug-likeness (QED) is 0.685. The van der Waals surface area contributed by atoms with E-state index in [2.05, 4.69) is 20.4 Å². The first-order valence-corrected chi connectivity index (χ1v) is 9.04. The van der Waals surface area contributed by atoms with E-state index in [0.717, 1.165) is 38.4 Å². The zero-order valence-electron chi connectivity index (χ0n) is 15.2. The molecule has 0 saturated carbocycles. The van der Waals surface area contributed by atoms with Gasteiger partial charge in [-0.3, -0.25) is 4.79 Å². The van der Waals surface area contributed by atoms with Crippen molar-refractivity contribution < 1.29 is 9.32 Å². The Balaban J connectivity index is 1.63. The van der Waals surface area contributed by atoms with E-state index in [1.54, 1.807) is 0 Å². The summed E-state index contributed by atoms with van der Waals surface area (Å²) in [5.41, 5.74) is 4.22. The largest absolute Gasteiger partial charge is 0.361 e. The van der Waals surface area contributed by atoms with Gasteiger partial charge in [-0.15, -0.1) is 0 Å². The molecular weight excluding hydrogens is 348 g/mol. The number of aryl methyl sites for hydroxylation is 4. The Labute approximate surface area is 156 Å². The number of rotatable bonds is 5. The van der Waals surface area contributed by atoms with Gasteiger partial charge in [0.15, 0.2) is 5.16 Å². The molecule has 6 nitrogen and oxygen atoms in total. The first kappa shape index (κ1) is 18.1. The Morgan fingerprint density at radius 3 is 2.31 bits per heavy atom. The number of anilines is 1. The van der Waals surface area contributed by atoms with Crippen LogP contribution in [0.5, 0.6) is 0 Å². The number of carbonyl (C=O) groups is 1. The number of benzene rings is 1. The summed E-state index contributed by atoms with van der Waals surface area (Å²) >= 11 is 1.50. The molecule has 2 aromatic heterocycles. The number of amides is 1. The second kappa shape index (κ2) is 7.70. The minimum Gasteiger partial charge on any atom is -0.361 e. The summed E-state index contributed by atoms with van der Waals surface area (Å²) in [4.78, 5) is 22.1. The van der Waals surface area contributed by atoms with Gasteiger partial charge in [0.25, 0.3) is 0 Å². The minimum atomic E-state index is -0.0996. The van der Waals surface area contributed by atoms with E-state index in [9.17, 15) is 4.79 Å². The SMILES string of the molecule is Cc1cc(C)nc(Sc2ccc(NC(=O)Cc3c(C)noc3C)cc2)n1. The molecule has 0 aliphatic carbocycles. The van der Waals surface area contributed by atoms with Gasteiger partial charge in [-0.2, -0.15) is 0 Å². The maximum atomic E-state index is 12.2. The highest BCUT2D eigenvalue weighted by molar-refractivity contribution is 7.99. The van der Waals surface area contributed by atoms with Crippen LogP contribution in [0.3, 0.4) is 0 Å². The Morgan fingerprint density at radius 1 is 1.08 bits per heavy atom. The van der Waals surface area contributed by atoms with Crippen molar-refractivity contribution in [3.8, 4) is 0 Å². The average molecular weight is 368 g/mol. The van der Waals surface area contributed by atoms with Crippen molar-refractivity contribution in [2.75, 3.05) is 5.32 Å². The van der Waals surface area contributed by atoms with Crippen molar-refractivity contribution in [2.24, 2.45) is 0 Å². The summed E-state index contributed by atoms with van der Waals surface area (Å²) in [7, 11) is 0. The highest BCUT2D eigenvalue weighted by Crippen LogP contribution is 2.26. The Hall–Kier alpha value is -2.67. The van der Waals surface area contributed by atoms with Gasteiger partial charge in [0.2, 0.25) is 5.91 Å². The number of nitrogens with one attached hydrogen (secondary N) is 1. The molecular formula is C19H20N4O2S. The monoisotopic (exact) mass is 368 g/mol. The lowest BCUT2D eigenvalue weighted by Gasteiger charge is -2.07. The van der Waals surface area contributed by atoms with E-state index in [1.165, 1.54) is 11.8 Å². The Bertz CT molecular complexity index is 895. The van der Waals surface area contributed by atoms with Gasteiger partial charge in [-0.05, 0) is 69.8 Å². The molecule has 0 saturated heterocycles. The van der Waals surface area contributed by atoms with E-state index < -0.39 is 0 Å². The molecule has 1 N–H and O–H groups in total. The number of nitrogens with zero attached hydrogens (tertiary/aromatic N) is 3. The molecule has 134 valence electrons. The Morgan fingerprint density at radius 2 is 1.73 bits per heavy atom. The molecule has 0 atom stereocenters. The van der Waals surface area contributed by atoms with Gasteiger partial charge in [-0.1, -0.05) is 5.16 Å². The van der Waals surface area contributed by atoms with Crippen LogP contribution in [-0.2, 0) is 11.2 Å². The normalized spacial score (nSPS) is 10.8. The van der Waals surface area contributed by atoms with Crippen LogP contribution in [0.15, 0.2) is 44.9 Å². The minimum absolute atomic E-state index is 0.0996. The first-order chi connectivity index (χ1) is 12.4. The van der Waals surface area contributed by atoms with Crippen LogP contribution < -0.4 is 5.32 Å². The third kappa shape index (κ3) is 4.49. The van der Waals surface area contributed by atoms with Crippen LogP contribution in [0.1, 0.15) is 28.4 Å². The summed E-state index contributed by atoms with van der Waals surface area (Å²) in [6.07, 6.45) is 0.244. The third-order valence-electron chi connectivity index (χ3n) is 3.83. The first-order valence-electron chi connectivity index (χ1n) is 8.22. The molecule has 3 aromatic rings. The summed E-state index contributed by atoms with van der Waals surface area (Å²) in [6.45, 7) is 7.55. The maximum Gasteiger partial charge on any atom is 0.228 e. The van der Waals surface area contributed by atoms with E-state index >= 15 is 0 Å². The molecule has 0 bridgehead atoms.